The van der Waals surface area contributed by atoms with Gasteiger partial charge >= 0.3 is 0 Å². The van der Waals surface area contributed by atoms with Gasteiger partial charge in [0, 0.05) is 12.6 Å². The van der Waals surface area contributed by atoms with Crippen molar-refractivity contribution in [2.45, 2.75) is 45.2 Å². The van der Waals surface area contributed by atoms with Gasteiger partial charge in [-0.05, 0) is 38.8 Å². The molecule has 2 atom stereocenters. The molecule has 0 saturated carbocycles. The summed E-state index contributed by atoms with van der Waals surface area (Å²) in [6, 6.07) is 2.81. The Morgan fingerprint density at radius 3 is 2.85 bits per heavy atom. The highest BCUT2D eigenvalue weighted by Crippen LogP contribution is 2.22. The fourth-order valence-electron chi connectivity index (χ4n) is 2.51. The number of hydrogen-bond donors (Lipinski definition) is 2. The van der Waals surface area contributed by atoms with Crippen LogP contribution in [-0.2, 0) is 10.2 Å². The molecule has 0 spiro atoms. The molecule has 0 aliphatic carbocycles. The smallest absolute Gasteiger partial charge is 0.280 e. The molecule has 1 aliphatic rings. The van der Waals surface area contributed by atoms with Crippen molar-refractivity contribution in [3.05, 3.63) is 23.7 Å². The number of nitrogens with zero attached hydrogens (tertiary/aromatic N) is 1. The predicted molar refractivity (Wildman–Crippen MR) is 75.3 cm³/mol. The number of aliphatic hydroxyl groups is 1. The van der Waals surface area contributed by atoms with Crippen molar-refractivity contribution in [1.82, 2.24) is 9.03 Å². The number of nitrogens with one attached hydrogen (secondary N) is 1. The van der Waals surface area contributed by atoms with E-state index in [1.54, 1.807) is 19.1 Å². The second kappa shape index (κ2) is 6.26. The maximum atomic E-state index is 12.4. The second-order valence-electron chi connectivity index (χ2n) is 5.24. The van der Waals surface area contributed by atoms with Crippen molar-refractivity contribution in [3.8, 4) is 0 Å². The Balaban J connectivity index is 2.09. The average Bonchev–Trinajstić information content (AvgIpc) is 2.85. The van der Waals surface area contributed by atoms with Gasteiger partial charge in [-0.2, -0.15) is 17.4 Å². The molecule has 1 aliphatic heterocycles. The number of piperidine rings is 1. The molecule has 0 aromatic carbocycles. The zero-order valence-electron chi connectivity index (χ0n) is 11.9. The molecule has 0 bridgehead atoms. The van der Waals surface area contributed by atoms with E-state index in [0.29, 0.717) is 18.7 Å². The van der Waals surface area contributed by atoms with Gasteiger partial charge in [0.25, 0.3) is 10.2 Å². The Kier molecular flexibility index (Phi) is 4.85. The summed E-state index contributed by atoms with van der Waals surface area (Å²) >= 11 is 0. The van der Waals surface area contributed by atoms with Gasteiger partial charge in [-0.1, -0.05) is 6.42 Å². The summed E-state index contributed by atoms with van der Waals surface area (Å²) in [5, 5.41) is 9.33. The van der Waals surface area contributed by atoms with E-state index in [1.165, 1.54) is 4.31 Å². The lowest BCUT2D eigenvalue weighted by Gasteiger charge is -2.34. The van der Waals surface area contributed by atoms with Crippen LogP contribution in [0.4, 0.5) is 0 Å². The topological polar surface area (TPSA) is 82.8 Å². The lowest BCUT2D eigenvalue weighted by Crippen LogP contribution is -2.50. The first-order chi connectivity index (χ1) is 9.44. The van der Waals surface area contributed by atoms with E-state index in [1.807, 2.05) is 6.92 Å². The van der Waals surface area contributed by atoms with Crippen molar-refractivity contribution in [2.75, 3.05) is 13.2 Å². The first-order valence-corrected chi connectivity index (χ1v) is 8.34. The highest BCUT2D eigenvalue weighted by Gasteiger charge is 2.33. The third kappa shape index (κ3) is 3.41. The van der Waals surface area contributed by atoms with Crippen LogP contribution in [0.3, 0.4) is 0 Å². The van der Waals surface area contributed by atoms with Crippen LogP contribution < -0.4 is 4.72 Å². The highest BCUT2D eigenvalue weighted by atomic mass is 32.2. The average molecular weight is 302 g/mol. The van der Waals surface area contributed by atoms with E-state index in [0.717, 1.165) is 18.6 Å². The third-order valence-corrected chi connectivity index (χ3v) is 5.36. The van der Waals surface area contributed by atoms with E-state index < -0.39 is 16.3 Å². The van der Waals surface area contributed by atoms with Crippen molar-refractivity contribution in [3.63, 3.8) is 0 Å². The molecule has 114 valence electrons. The summed E-state index contributed by atoms with van der Waals surface area (Å²) < 4.78 is 34.2. The first-order valence-electron chi connectivity index (χ1n) is 6.90. The largest absolute Gasteiger partial charge is 0.465 e. The van der Waals surface area contributed by atoms with E-state index in [-0.39, 0.29) is 12.6 Å². The number of aryl methyl sites for hydroxylation is 1. The molecule has 2 N–H and O–H groups in total. The Bertz CT molecular complexity index is 540. The van der Waals surface area contributed by atoms with Gasteiger partial charge < -0.3 is 9.52 Å². The molecule has 7 heteroatoms. The molecule has 0 radical (unpaired) electrons. The Labute approximate surface area is 120 Å². The maximum Gasteiger partial charge on any atom is 0.280 e. The molecular formula is C13H22N2O4S. The van der Waals surface area contributed by atoms with E-state index in [2.05, 4.69) is 4.72 Å². The summed E-state index contributed by atoms with van der Waals surface area (Å²) in [6.07, 6.45) is 2.47. The van der Waals surface area contributed by atoms with Crippen LogP contribution in [0.15, 0.2) is 16.5 Å². The second-order valence-corrected chi connectivity index (χ2v) is 6.89. The summed E-state index contributed by atoms with van der Waals surface area (Å²) in [5.74, 6) is 1.33. The first kappa shape index (κ1) is 15.5. The molecule has 20 heavy (non-hydrogen) atoms. The van der Waals surface area contributed by atoms with Crippen LogP contribution >= 0.6 is 0 Å². The summed E-state index contributed by atoms with van der Waals surface area (Å²) in [4.78, 5) is 0. The van der Waals surface area contributed by atoms with Crippen LogP contribution in [0.5, 0.6) is 0 Å². The normalized spacial score (nSPS) is 22.9. The number of rotatable bonds is 5. The monoisotopic (exact) mass is 302 g/mol. The molecule has 2 rings (SSSR count). The number of hydrogen-bond acceptors (Lipinski definition) is 4. The van der Waals surface area contributed by atoms with E-state index >= 15 is 0 Å². The van der Waals surface area contributed by atoms with Gasteiger partial charge in [-0.3, -0.25) is 0 Å². The fraction of sp³-hybridized carbons (Fsp3) is 0.692. The molecule has 1 fully saturated rings. The van der Waals surface area contributed by atoms with Crippen LogP contribution in [0.1, 0.15) is 43.7 Å². The number of furan rings is 1. The van der Waals surface area contributed by atoms with Crippen LogP contribution in [0.25, 0.3) is 0 Å². The van der Waals surface area contributed by atoms with Gasteiger partial charge in [0.05, 0.1) is 12.6 Å². The minimum absolute atomic E-state index is 0.144. The fourth-order valence-corrected chi connectivity index (χ4v) is 4.14. The van der Waals surface area contributed by atoms with Gasteiger partial charge in [0.1, 0.15) is 11.5 Å². The van der Waals surface area contributed by atoms with Crippen molar-refractivity contribution >= 4 is 10.2 Å². The molecule has 0 amide bonds. The minimum Gasteiger partial charge on any atom is -0.465 e. The predicted octanol–water partition coefficient (Wildman–Crippen LogP) is 1.33. The molecule has 2 heterocycles. The molecule has 6 nitrogen and oxygen atoms in total. The summed E-state index contributed by atoms with van der Waals surface area (Å²) in [7, 11) is -3.62. The van der Waals surface area contributed by atoms with Gasteiger partial charge in [-0.25, -0.2) is 0 Å². The van der Waals surface area contributed by atoms with Crippen molar-refractivity contribution in [1.29, 1.82) is 0 Å². The molecule has 1 aromatic heterocycles. The third-order valence-electron chi connectivity index (χ3n) is 3.61. The Morgan fingerprint density at radius 1 is 1.50 bits per heavy atom. The van der Waals surface area contributed by atoms with Crippen LogP contribution in [-0.4, -0.2) is 37.0 Å². The quantitative estimate of drug-likeness (QED) is 0.859. The molecule has 1 aromatic rings. The van der Waals surface area contributed by atoms with Gasteiger partial charge in [0.15, 0.2) is 0 Å². The highest BCUT2D eigenvalue weighted by molar-refractivity contribution is 7.87. The van der Waals surface area contributed by atoms with Gasteiger partial charge in [-0.15, -0.1) is 0 Å². The van der Waals surface area contributed by atoms with Gasteiger partial charge in [0.2, 0.25) is 0 Å². The summed E-state index contributed by atoms with van der Waals surface area (Å²) in [5.41, 5.74) is 0. The van der Waals surface area contributed by atoms with E-state index in [9.17, 15) is 13.5 Å². The maximum absolute atomic E-state index is 12.4. The Morgan fingerprint density at radius 2 is 2.25 bits per heavy atom. The van der Waals surface area contributed by atoms with Crippen LogP contribution in [0.2, 0.25) is 0 Å². The van der Waals surface area contributed by atoms with Crippen molar-refractivity contribution < 1.29 is 17.9 Å². The minimum atomic E-state index is -3.62. The van der Waals surface area contributed by atoms with Crippen LogP contribution in [0, 0.1) is 6.92 Å². The molecular weight excluding hydrogens is 280 g/mol. The Hall–Kier alpha value is -0.890. The standard InChI is InChI=1S/C13H22N2O4S/c1-10-6-7-13(19-10)11(2)14-20(17,18)15-8-4-3-5-12(15)9-16/h6-7,11-12,14,16H,3-5,8-9H2,1-2H3. The SMILES string of the molecule is Cc1ccc(C(C)NS(=O)(=O)N2CCCCC2CO)o1. The van der Waals surface area contributed by atoms with E-state index in [4.69, 9.17) is 4.42 Å². The zero-order chi connectivity index (χ0) is 14.8. The zero-order valence-corrected chi connectivity index (χ0v) is 12.7. The van der Waals surface area contributed by atoms with Crippen molar-refractivity contribution in [2.24, 2.45) is 0 Å². The molecule has 2 unspecified atom stereocenters. The number of aliphatic hydroxyl groups excluding tert-OH is 1. The molecule has 1 saturated heterocycles. The lowest BCUT2D eigenvalue weighted by atomic mass is 10.1. The summed E-state index contributed by atoms with van der Waals surface area (Å²) in [6.45, 7) is 3.87. The lowest BCUT2D eigenvalue weighted by molar-refractivity contribution is 0.153.